The number of hydrogen-bond acceptors (Lipinski definition) is 3. The molecule has 0 aliphatic heterocycles. The highest BCUT2D eigenvalue weighted by atomic mass is 127. The maximum Gasteiger partial charge on any atom is 0.222 e. The molecule has 0 saturated carbocycles. The van der Waals surface area contributed by atoms with Gasteiger partial charge in [-0.15, -0.1) is 35.3 Å². The number of nitrogens with zero attached hydrogens (tertiary/aromatic N) is 1. The molecule has 4 N–H and O–H groups in total. The van der Waals surface area contributed by atoms with E-state index in [1.54, 1.807) is 30.5 Å². The summed E-state index contributed by atoms with van der Waals surface area (Å²) in [6.07, 6.45) is 1.46. The van der Waals surface area contributed by atoms with Crippen LogP contribution in [0.5, 0.6) is 0 Å². The van der Waals surface area contributed by atoms with Crippen LogP contribution in [0.1, 0.15) is 17.4 Å². The first-order valence-corrected chi connectivity index (χ1v) is 9.86. The number of guanidine groups is 1. The molecule has 8 heteroatoms. The summed E-state index contributed by atoms with van der Waals surface area (Å²) < 4.78 is 13.0. The molecule has 2 unspecified atom stereocenters. The normalized spacial score (nSPS) is 13.3. The third-order valence-electron chi connectivity index (χ3n) is 4.28. The maximum absolute atomic E-state index is 13.0. The Morgan fingerprint density at radius 2 is 1.86 bits per heavy atom. The van der Waals surface area contributed by atoms with Crippen molar-refractivity contribution < 1.29 is 9.18 Å². The third kappa shape index (κ3) is 8.55. The van der Waals surface area contributed by atoms with E-state index in [4.69, 9.17) is 5.73 Å². The van der Waals surface area contributed by atoms with Crippen molar-refractivity contribution in [3.05, 3.63) is 58.0 Å². The summed E-state index contributed by atoms with van der Waals surface area (Å²) in [4.78, 5) is 17.3. The lowest BCUT2D eigenvalue weighted by atomic mass is 9.98. The van der Waals surface area contributed by atoms with Crippen LogP contribution in [0.4, 0.5) is 4.39 Å². The van der Waals surface area contributed by atoms with E-state index in [2.05, 4.69) is 40.1 Å². The van der Waals surface area contributed by atoms with Crippen LogP contribution >= 0.6 is 35.3 Å². The molecule has 1 heterocycles. The predicted octanol–water partition coefficient (Wildman–Crippen LogP) is 3.19. The monoisotopic (exact) mass is 518 g/mol. The predicted molar refractivity (Wildman–Crippen MR) is 125 cm³/mol. The van der Waals surface area contributed by atoms with Crippen LogP contribution in [0.3, 0.4) is 0 Å². The SMILES string of the molecule is CN=C(NCC(C)Cc1cccs1)NCC(Cc1ccc(F)cc1)C(N)=O.I. The van der Waals surface area contributed by atoms with Crippen LogP contribution < -0.4 is 16.4 Å². The van der Waals surface area contributed by atoms with Gasteiger partial charge >= 0.3 is 0 Å². The second-order valence-corrected chi connectivity index (χ2v) is 7.68. The van der Waals surface area contributed by atoms with Crippen molar-refractivity contribution in [1.29, 1.82) is 0 Å². The molecule has 2 atom stereocenters. The lowest BCUT2D eigenvalue weighted by Crippen LogP contribution is -2.44. The first kappa shape index (κ1) is 24.4. The lowest BCUT2D eigenvalue weighted by Gasteiger charge is -2.19. The van der Waals surface area contributed by atoms with Crippen molar-refractivity contribution >= 4 is 47.2 Å². The van der Waals surface area contributed by atoms with Gasteiger partial charge in [0.1, 0.15) is 5.82 Å². The molecule has 0 saturated heterocycles. The fourth-order valence-corrected chi connectivity index (χ4v) is 3.60. The molecule has 5 nitrogen and oxygen atoms in total. The zero-order chi connectivity index (χ0) is 19.6. The highest BCUT2D eigenvalue weighted by molar-refractivity contribution is 14.0. The lowest BCUT2D eigenvalue weighted by molar-refractivity contribution is -0.121. The summed E-state index contributed by atoms with van der Waals surface area (Å²) in [5.41, 5.74) is 6.40. The maximum atomic E-state index is 13.0. The van der Waals surface area contributed by atoms with Crippen molar-refractivity contribution in [2.24, 2.45) is 22.6 Å². The van der Waals surface area contributed by atoms with Crippen LogP contribution in [-0.4, -0.2) is 32.0 Å². The Hall–Kier alpha value is -1.68. The molecule has 154 valence electrons. The zero-order valence-electron chi connectivity index (χ0n) is 16.2. The van der Waals surface area contributed by atoms with Gasteiger partial charge in [0, 0.05) is 25.0 Å². The van der Waals surface area contributed by atoms with Crippen LogP contribution in [0.2, 0.25) is 0 Å². The van der Waals surface area contributed by atoms with Gasteiger partial charge in [-0.05, 0) is 47.9 Å². The van der Waals surface area contributed by atoms with Gasteiger partial charge in [0.2, 0.25) is 5.91 Å². The van der Waals surface area contributed by atoms with Crippen molar-refractivity contribution in [3.63, 3.8) is 0 Å². The Kier molecular flexibility index (Phi) is 11.1. The number of amides is 1. The van der Waals surface area contributed by atoms with Crippen LogP contribution in [-0.2, 0) is 17.6 Å². The number of thiophene rings is 1. The summed E-state index contributed by atoms with van der Waals surface area (Å²) in [5.74, 6) is -0.00796. The molecule has 1 amide bonds. The molecule has 0 aliphatic rings. The second kappa shape index (κ2) is 12.7. The van der Waals surface area contributed by atoms with Gasteiger partial charge in [0.15, 0.2) is 5.96 Å². The van der Waals surface area contributed by atoms with Crippen molar-refractivity contribution in [1.82, 2.24) is 10.6 Å². The molecule has 0 fully saturated rings. The molecule has 28 heavy (non-hydrogen) atoms. The first-order chi connectivity index (χ1) is 13.0. The van der Waals surface area contributed by atoms with E-state index in [9.17, 15) is 9.18 Å². The summed E-state index contributed by atoms with van der Waals surface area (Å²) in [6, 6.07) is 10.3. The summed E-state index contributed by atoms with van der Waals surface area (Å²) in [6.45, 7) is 3.32. The van der Waals surface area contributed by atoms with E-state index >= 15 is 0 Å². The van der Waals surface area contributed by atoms with Gasteiger partial charge in [-0.2, -0.15) is 0 Å². The summed E-state index contributed by atoms with van der Waals surface area (Å²) in [7, 11) is 1.69. The Morgan fingerprint density at radius 3 is 2.43 bits per heavy atom. The van der Waals surface area contributed by atoms with Crippen molar-refractivity contribution in [2.45, 2.75) is 19.8 Å². The molecule has 0 spiro atoms. The smallest absolute Gasteiger partial charge is 0.222 e. The minimum atomic E-state index is -0.405. The topological polar surface area (TPSA) is 79.5 Å². The van der Waals surface area contributed by atoms with E-state index in [1.807, 2.05) is 0 Å². The first-order valence-electron chi connectivity index (χ1n) is 8.98. The average Bonchev–Trinajstić information content (AvgIpc) is 3.15. The van der Waals surface area contributed by atoms with Crippen molar-refractivity contribution in [2.75, 3.05) is 20.1 Å². The fourth-order valence-electron chi connectivity index (χ4n) is 2.73. The Labute approximate surface area is 187 Å². The van der Waals surface area contributed by atoms with Gasteiger partial charge in [-0.3, -0.25) is 9.79 Å². The zero-order valence-corrected chi connectivity index (χ0v) is 19.3. The van der Waals surface area contributed by atoms with E-state index in [-0.39, 0.29) is 29.8 Å². The molecule has 2 aromatic rings. The number of benzene rings is 1. The quantitative estimate of drug-likeness (QED) is 0.271. The van der Waals surface area contributed by atoms with E-state index < -0.39 is 11.8 Å². The Bertz CT molecular complexity index is 737. The van der Waals surface area contributed by atoms with Crippen LogP contribution in [0.15, 0.2) is 46.8 Å². The molecule has 2 rings (SSSR count). The van der Waals surface area contributed by atoms with Gasteiger partial charge in [-0.25, -0.2) is 4.39 Å². The van der Waals surface area contributed by atoms with E-state index in [0.29, 0.717) is 24.8 Å². The Morgan fingerprint density at radius 1 is 1.18 bits per heavy atom. The highest BCUT2D eigenvalue weighted by Crippen LogP contribution is 2.14. The minimum absolute atomic E-state index is 0. The summed E-state index contributed by atoms with van der Waals surface area (Å²) in [5, 5.41) is 8.54. The number of halogens is 2. The third-order valence-corrected chi connectivity index (χ3v) is 5.18. The molecule has 1 aromatic carbocycles. The van der Waals surface area contributed by atoms with Gasteiger partial charge in [-0.1, -0.05) is 25.1 Å². The van der Waals surface area contributed by atoms with Crippen LogP contribution in [0.25, 0.3) is 0 Å². The number of carbonyl (C=O) groups is 1. The minimum Gasteiger partial charge on any atom is -0.369 e. The fraction of sp³-hybridized carbons (Fsp3) is 0.400. The number of nitrogens with two attached hydrogens (primary N) is 1. The standard InChI is InChI=1S/C20H27FN4OS.HI/c1-14(10-18-4-3-9-27-18)12-24-20(23-2)25-13-16(19(22)26)11-15-5-7-17(21)8-6-15;/h3-9,14,16H,10-13H2,1-2H3,(H2,22,26)(H2,23,24,25);1H. The molecule has 1 aromatic heterocycles. The number of carbonyl (C=O) groups excluding carboxylic acids is 1. The molecular formula is C20H28FIN4OS. The number of nitrogens with one attached hydrogen (secondary N) is 2. The highest BCUT2D eigenvalue weighted by Gasteiger charge is 2.17. The molecule has 0 aliphatic carbocycles. The average molecular weight is 518 g/mol. The number of primary amides is 1. The molecule has 0 bridgehead atoms. The second-order valence-electron chi connectivity index (χ2n) is 6.65. The Balaban J connectivity index is 0.00000392. The number of rotatable bonds is 9. The van der Waals surface area contributed by atoms with Gasteiger partial charge < -0.3 is 16.4 Å². The molecular weight excluding hydrogens is 490 g/mol. The number of hydrogen-bond donors (Lipinski definition) is 3. The van der Waals surface area contributed by atoms with E-state index in [1.165, 1.54) is 17.0 Å². The van der Waals surface area contributed by atoms with E-state index in [0.717, 1.165) is 18.5 Å². The van der Waals surface area contributed by atoms with Gasteiger partial charge in [0.05, 0.1) is 5.92 Å². The van der Waals surface area contributed by atoms with Crippen LogP contribution in [0, 0.1) is 17.7 Å². The molecule has 0 radical (unpaired) electrons. The van der Waals surface area contributed by atoms with Gasteiger partial charge in [0.25, 0.3) is 0 Å². The number of aliphatic imine (C=N–C) groups is 1. The summed E-state index contributed by atoms with van der Waals surface area (Å²) >= 11 is 1.76. The van der Waals surface area contributed by atoms with Crippen molar-refractivity contribution in [3.8, 4) is 0 Å². The largest absolute Gasteiger partial charge is 0.369 e.